The lowest BCUT2D eigenvalue weighted by molar-refractivity contribution is 0.381. The standard InChI is InChI=1S/C17H23N3O/c1-13(2)11-16(15-8-4-5-9-18-15)20-12-14-7-6-10-19-17(14)21-3/h4-10,13,16,20H,11-12H2,1-3H3/t16-/m0/s1. The van der Waals surface area contributed by atoms with Crippen molar-refractivity contribution in [3.05, 3.63) is 54.0 Å². The first kappa shape index (κ1) is 15.4. The van der Waals surface area contributed by atoms with Crippen LogP contribution in [0.1, 0.15) is 37.6 Å². The highest BCUT2D eigenvalue weighted by molar-refractivity contribution is 5.25. The van der Waals surface area contributed by atoms with Crippen molar-refractivity contribution in [1.82, 2.24) is 15.3 Å². The van der Waals surface area contributed by atoms with Crippen LogP contribution in [0.25, 0.3) is 0 Å². The summed E-state index contributed by atoms with van der Waals surface area (Å²) in [4.78, 5) is 8.71. The lowest BCUT2D eigenvalue weighted by atomic mass is 10.0. The Balaban J connectivity index is 2.09. The van der Waals surface area contributed by atoms with Gasteiger partial charge in [0.25, 0.3) is 0 Å². The molecule has 2 rings (SSSR count). The Morgan fingerprint density at radius 3 is 2.57 bits per heavy atom. The first-order chi connectivity index (χ1) is 10.2. The minimum absolute atomic E-state index is 0.233. The van der Waals surface area contributed by atoms with E-state index in [4.69, 9.17) is 4.74 Å². The van der Waals surface area contributed by atoms with Gasteiger partial charge >= 0.3 is 0 Å². The first-order valence-corrected chi connectivity index (χ1v) is 7.33. The summed E-state index contributed by atoms with van der Waals surface area (Å²) < 4.78 is 5.30. The molecule has 21 heavy (non-hydrogen) atoms. The molecule has 0 aliphatic carbocycles. The third-order valence-corrected chi connectivity index (χ3v) is 3.33. The van der Waals surface area contributed by atoms with Crippen LogP contribution in [0.15, 0.2) is 42.7 Å². The van der Waals surface area contributed by atoms with Crippen LogP contribution < -0.4 is 10.1 Å². The van der Waals surface area contributed by atoms with Crippen LogP contribution in [-0.4, -0.2) is 17.1 Å². The van der Waals surface area contributed by atoms with E-state index in [0.717, 1.165) is 17.7 Å². The van der Waals surface area contributed by atoms with Crippen LogP contribution in [0.2, 0.25) is 0 Å². The van der Waals surface area contributed by atoms with Crippen molar-refractivity contribution >= 4 is 0 Å². The van der Waals surface area contributed by atoms with Crippen LogP contribution in [0.5, 0.6) is 5.88 Å². The van der Waals surface area contributed by atoms with Gasteiger partial charge in [0.2, 0.25) is 5.88 Å². The second-order valence-corrected chi connectivity index (χ2v) is 5.49. The third-order valence-electron chi connectivity index (χ3n) is 3.33. The van der Waals surface area contributed by atoms with Gasteiger partial charge in [0.05, 0.1) is 12.8 Å². The minimum Gasteiger partial charge on any atom is -0.481 e. The molecule has 0 spiro atoms. The van der Waals surface area contributed by atoms with Crippen molar-refractivity contribution in [3.8, 4) is 5.88 Å². The zero-order chi connectivity index (χ0) is 15.1. The zero-order valence-corrected chi connectivity index (χ0v) is 12.9. The van der Waals surface area contributed by atoms with E-state index in [1.807, 2.05) is 30.5 Å². The predicted molar refractivity (Wildman–Crippen MR) is 84.1 cm³/mol. The average Bonchev–Trinajstić information content (AvgIpc) is 2.52. The lowest BCUT2D eigenvalue weighted by Gasteiger charge is -2.20. The van der Waals surface area contributed by atoms with Crippen molar-refractivity contribution < 1.29 is 4.74 Å². The summed E-state index contributed by atoms with van der Waals surface area (Å²) in [5.41, 5.74) is 2.14. The van der Waals surface area contributed by atoms with Crippen molar-refractivity contribution in [1.29, 1.82) is 0 Å². The average molecular weight is 285 g/mol. The molecule has 4 nitrogen and oxygen atoms in total. The normalized spacial score (nSPS) is 12.4. The quantitative estimate of drug-likeness (QED) is 0.847. The van der Waals surface area contributed by atoms with Crippen molar-refractivity contribution in [2.45, 2.75) is 32.9 Å². The second kappa shape index (κ2) is 7.74. The molecule has 0 amide bonds. The number of aromatic nitrogens is 2. The number of rotatable bonds is 7. The monoisotopic (exact) mass is 285 g/mol. The lowest BCUT2D eigenvalue weighted by Crippen LogP contribution is -2.23. The van der Waals surface area contributed by atoms with Crippen molar-refractivity contribution in [3.63, 3.8) is 0 Å². The molecule has 0 aromatic carbocycles. The summed E-state index contributed by atoms with van der Waals surface area (Å²) in [5, 5.41) is 3.58. The molecule has 1 atom stereocenters. The van der Waals surface area contributed by atoms with Gasteiger partial charge in [0.1, 0.15) is 0 Å². The van der Waals surface area contributed by atoms with E-state index < -0.39 is 0 Å². The van der Waals surface area contributed by atoms with Crippen molar-refractivity contribution in [2.75, 3.05) is 7.11 Å². The van der Waals surface area contributed by atoms with E-state index in [1.54, 1.807) is 13.3 Å². The molecule has 112 valence electrons. The fourth-order valence-electron chi connectivity index (χ4n) is 2.34. The summed E-state index contributed by atoms with van der Waals surface area (Å²) in [6.07, 6.45) is 4.63. The molecule has 0 saturated carbocycles. The smallest absolute Gasteiger partial charge is 0.217 e. The summed E-state index contributed by atoms with van der Waals surface area (Å²) in [6.45, 7) is 5.16. The van der Waals surface area contributed by atoms with Gasteiger partial charge in [-0.25, -0.2) is 4.98 Å². The number of methoxy groups -OCH3 is 1. The van der Waals surface area contributed by atoms with Gasteiger partial charge in [-0.3, -0.25) is 4.98 Å². The fourth-order valence-corrected chi connectivity index (χ4v) is 2.34. The maximum atomic E-state index is 5.30. The summed E-state index contributed by atoms with van der Waals surface area (Å²) >= 11 is 0. The molecule has 2 aromatic heterocycles. The maximum absolute atomic E-state index is 5.30. The Kier molecular flexibility index (Phi) is 5.69. The molecule has 0 saturated heterocycles. The van der Waals surface area contributed by atoms with E-state index in [1.165, 1.54) is 0 Å². The molecule has 0 aliphatic rings. The Bertz CT molecular complexity index is 543. The van der Waals surface area contributed by atoms with Crippen LogP contribution in [0, 0.1) is 5.92 Å². The molecule has 2 aromatic rings. The molecule has 0 unspecified atom stereocenters. The first-order valence-electron chi connectivity index (χ1n) is 7.33. The number of hydrogen-bond acceptors (Lipinski definition) is 4. The van der Waals surface area contributed by atoms with Gasteiger partial charge in [0.15, 0.2) is 0 Å². The fraction of sp³-hybridized carbons (Fsp3) is 0.412. The number of pyridine rings is 2. The predicted octanol–water partition coefficient (Wildman–Crippen LogP) is 3.36. The highest BCUT2D eigenvalue weighted by atomic mass is 16.5. The summed E-state index contributed by atoms with van der Waals surface area (Å²) in [7, 11) is 1.65. The highest BCUT2D eigenvalue weighted by Crippen LogP contribution is 2.21. The molecule has 0 bridgehead atoms. The molecular formula is C17H23N3O. The van der Waals surface area contributed by atoms with E-state index in [9.17, 15) is 0 Å². The summed E-state index contributed by atoms with van der Waals surface area (Å²) in [6, 6.07) is 10.2. The number of nitrogens with zero attached hydrogens (tertiary/aromatic N) is 2. The Morgan fingerprint density at radius 1 is 1.10 bits per heavy atom. The van der Waals surface area contributed by atoms with E-state index >= 15 is 0 Å². The highest BCUT2D eigenvalue weighted by Gasteiger charge is 2.15. The van der Waals surface area contributed by atoms with Gasteiger partial charge in [-0.05, 0) is 30.5 Å². The largest absolute Gasteiger partial charge is 0.481 e. The van der Waals surface area contributed by atoms with Gasteiger partial charge in [0, 0.05) is 30.5 Å². The number of nitrogens with one attached hydrogen (secondary N) is 1. The van der Waals surface area contributed by atoms with Gasteiger partial charge in [-0.1, -0.05) is 26.0 Å². The Labute approximate surface area is 126 Å². The topological polar surface area (TPSA) is 47.0 Å². The molecular weight excluding hydrogens is 262 g/mol. The van der Waals surface area contributed by atoms with E-state index in [0.29, 0.717) is 18.3 Å². The summed E-state index contributed by atoms with van der Waals surface area (Å²) in [5.74, 6) is 1.27. The van der Waals surface area contributed by atoms with Crippen LogP contribution >= 0.6 is 0 Å². The van der Waals surface area contributed by atoms with Gasteiger partial charge in [-0.2, -0.15) is 0 Å². The maximum Gasteiger partial charge on any atom is 0.217 e. The zero-order valence-electron chi connectivity index (χ0n) is 12.9. The van der Waals surface area contributed by atoms with Crippen molar-refractivity contribution in [2.24, 2.45) is 5.92 Å². The SMILES string of the molecule is COc1ncccc1CN[C@@H](CC(C)C)c1ccccn1. The molecule has 4 heteroatoms. The van der Waals surface area contributed by atoms with E-state index in [-0.39, 0.29) is 6.04 Å². The van der Waals surface area contributed by atoms with Gasteiger partial charge in [-0.15, -0.1) is 0 Å². The van der Waals surface area contributed by atoms with Gasteiger partial charge < -0.3 is 10.1 Å². The molecule has 0 fully saturated rings. The number of ether oxygens (including phenoxy) is 1. The third kappa shape index (κ3) is 4.53. The molecule has 1 N–H and O–H groups in total. The molecule has 2 heterocycles. The molecule has 0 aliphatic heterocycles. The molecule has 0 radical (unpaired) electrons. The van der Waals surface area contributed by atoms with Crippen LogP contribution in [0.4, 0.5) is 0 Å². The number of hydrogen-bond donors (Lipinski definition) is 1. The van der Waals surface area contributed by atoms with Crippen LogP contribution in [0.3, 0.4) is 0 Å². The van der Waals surface area contributed by atoms with Crippen LogP contribution in [-0.2, 0) is 6.54 Å². The van der Waals surface area contributed by atoms with E-state index in [2.05, 4.69) is 35.2 Å². The Morgan fingerprint density at radius 2 is 1.90 bits per heavy atom. The second-order valence-electron chi connectivity index (χ2n) is 5.49. The minimum atomic E-state index is 0.233. The Hall–Kier alpha value is -1.94.